The van der Waals surface area contributed by atoms with Crippen molar-refractivity contribution in [2.24, 2.45) is 5.92 Å². The Kier molecular flexibility index (Phi) is 2.22. The molecule has 0 fully saturated rings. The molecule has 0 saturated heterocycles. The number of aliphatic hydroxyl groups excluding tert-OH is 1. The molecule has 1 rings (SSSR count). The normalized spacial score (nSPS) is 33.2. The summed E-state index contributed by atoms with van der Waals surface area (Å²) in [6.07, 6.45) is 3.71. The zero-order chi connectivity index (χ0) is 7.56. The second-order valence-corrected chi connectivity index (χ2v) is 2.91. The minimum absolute atomic E-state index is 0.513. The lowest BCUT2D eigenvalue weighted by Gasteiger charge is -2.20. The molecule has 0 aromatic rings. The van der Waals surface area contributed by atoms with E-state index in [-0.39, 0.29) is 0 Å². The largest absolute Gasteiger partial charge is 0.388 e. The summed E-state index contributed by atoms with van der Waals surface area (Å²) in [5.74, 6) is 0.513. The van der Waals surface area contributed by atoms with Crippen LogP contribution in [0.2, 0.25) is 0 Å². The van der Waals surface area contributed by atoms with Crippen molar-refractivity contribution in [1.82, 2.24) is 0 Å². The Balaban J connectivity index is 2.65. The highest BCUT2D eigenvalue weighted by Crippen LogP contribution is 2.21. The van der Waals surface area contributed by atoms with E-state index < -0.39 is 6.10 Å². The molecule has 0 saturated carbocycles. The van der Waals surface area contributed by atoms with Crippen LogP contribution in [0.15, 0.2) is 11.6 Å². The van der Waals surface area contributed by atoms with Crippen LogP contribution in [0.5, 0.6) is 0 Å². The predicted octanol–water partition coefficient (Wildman–Crippen LogP) is 0.903. The molecule has 0 aromatic carbocycles. The molecule has 0 spiro atoms. The first-order valence-electron chi connectivity index (χ1n) is 3.57. The minimum atomic E-state index is -0.513. The molecule has 0 aliphatic heterocycles. The monoisotopic (exact) mass is 140 g/mol. The van der Waals surface area contributed by atoms with E-state index in [0.717, 1.165) is 19.1 Å². The number of hydrogen-bond acceptors (Lipinski definition) is 2. The van der Waals surface area contributed by atoms with Crippen LogP contribution in [0.1, 0.15) is 19.8 Å². The smallest absolute Gasteiger partial charge is 0.148 e. The molecule has 0 aromatic heterocycles. The summed E-state index contributed by atoms with van der Waals surface area (Å²) in [4.78, 5) is 10.2. The third-order valence-electron chi connectivity index (χ3n) is 1.90. The van der Waals surface area contributed by atoms with Crippen LogP contribution < -0.4 is 0 Å². The van der Waals surface area contributed by atoms with Gasteiger partial charge in [0.05, 0.1) is 6.10 Å². The number of carbonyl (C=O) groups is 1. The first-order chi connectivity index (χ1) is 4.74. The molecule has 0 amide bonds. The Labute approximate surface area is 60.6 Å². The highest BCUT2D eigenvalue weighted by atomic mass is 16.3. The maximum atomic E-state index is 10.2. The van der Waals surface area contributed by atoms with Gasteiger partial charge in [-0.2, -0.15) is 0 Å². The lowest BCUT2D eigenvalue weighted by atomic mass is 9.89. The quantitative estimate of drug-likeness (QED) is 0.549. The highest BCUT2D eigenvalue weighted by molar-refractivity contribution is 5.74. The van der Waals surface area contributed by atoms with Crippen LogP contribution in [0, 0.1) is 5.92 Å². The number of carbonyl (C=O) groups excluding carboxylic acids is 1. The molecule has 10 heavy (non-hydrogen) atoms. The zero-order valence-electron chi connectivity index (χ0n) is 6.08. The van der Waals surface area contributed by atoms with Crippen molar-refractivity contribution >= 4 is 6.29 Å². The number of aliphatic hydroxyl groups is 1. The van der Waals surface area contributed by atoms with Gasteiger partial charge in [-0.3, -0.25) is 4.79 Å². The lowest BCUT2D eigenvalue weighted by Crippen LogP contribution is -2.19. The van der Waals surface area contributed by atoms with E-state index in [1.807, 2.05) is 6.08 Å². The van der Waals surface area contributed by atoms with Gasteiger partial charge in [0.1, 0.15) is 6.29 Å². The van der Waals surface area contributed by atoms with Crippen LogP contribution in [-0.2, 0) is 4.79 Å². The SMILES string of the molecule is C[C@H]1CC=C(C=O)[C@@H](O)C1. The molecule has 0 bridgehead atoms. The third kappa shape index (κ3) is 1.45. The number of rotatable bonds is 1. The number of aldehydes is 1. The molecular weight excluding hydrogens is 128 g/mol. The zero-order valence-corrected chi connectivity index (χ0v) is 6.08. The summed E-state index contributed by atoms with van der Waals surface area (Å²) in [6.45, 7) is 2.07. The Morgan fingerprint density at radius 1 is 1.80 bits per heavy atom. The van der Waals surface area contributed by atoms with Crippen molar-refractivity contribution < 1.29 is 9.90 Å². The Morgan fingerprint density at radius 2 is 2.50 bits per heavy atom. The van der Waals surface area contributed by atoms with Crippen molar-refractivity contribution in [1.29, 1.82) is 0 Å². The molecule has 0 unspecified atom stereocenters. The standard InChI is InChI=1S/C8H12O2/c1-6-2-3-7(5-9)8(10)4-6/h3,5-6,8,10H,2,4H2,1H3/t6-,8-/m0/s1. The van der Waals surface area contributed by atoms with Gasteiger partial charge >= 0.3 is 0 Å². The first kappa shape index (κ1) is 7.48. The molecular formula is C8H12O2. The van der Waals surface area contributed by atoms with Crippen LogP contribution in [0.25, 0.3) is 0 Å². The number of allylic oxidation sites excluding steroid dienone is 1. The second kappa shape index (κ2) is 2.97. The van der Waals surface area contributed by atoms with Gasteiger partial charge in [0, 0.05) is 5.57 Å². The summed E-state index contributed by atoms with van der Waals surface area (Å²) in [5.41, 5.74) is 0.554. The van der Waals surface area contributed by atoms with E-state index in [0.29, 0.717) is 11.5 Å². The molecule has 2 atom stereocenters. The third-order valence-corrected chi connectivity index (χ3v) is 1.90. The molecule has 2 heteroatoms. The van der Waals surface area contributed by atoms with Gasteiger partial charge in [-0.15, -0.1) is 0 Å². The van der Waals surface area contributed by atoms with E-state index in [1.54, 1.807) is 0 Å². The Morgan fingerprint density at radius 3 is 3.00 bits per heavy atom. The summed E-state index contributed by atoms with van der Waals surface area (Å²) in [7, 11) is 0. The average Bonchev–Trinajstić information content (AvgIpc) is 1.88. The summed E-state index contributed by atoms with van der Waals surface area (Å²) in [6, 6.07) is 0. The van der Waals surface area contributed by atoms with Gasteiger partial charge in [0.2, 0.25) is 0 Å². The van der Waals surface area contributed by atoms with Crippen LogP contribution in [0.3, 0.4) is 0 Å². The van der Waals surface area contributed by atoms with E-state index in [4.69, 9.17) is 0 Å². The molecule has 1 aliphatic rings. The van der Waals surface area contributed by atoms with Crippen LogP contribution in [-0.4, -0.2) is 17.5 Å². The van der Waals surface area contributed by atoms with Gasteiger partial charge in [-0.25, -0.2) is 0 Å². The molecule has 1 aliphatic carbocycles. The minimum Gasteiger partial charge on any atom is -0.388 e. The second-order valence-electron chi connectivity index (χ2n) is 2.91. The lowest BCUT2D eigenvalue weighted by molar-refractivity contribution is -0.106. The Bertz CT molecular complexity index is 161. The maximum Gasteiger partial charge on any atom is 0.148 e. The fraction of sp³-hybridized carbons (Fsp3) is 0.625. The van der Waals surface area contributed by atoms with Gasteiger partial charge in [-0.1, -0.05) is 13.0 Å². The Hall–Kier alpha value is -0.630. The summed E-state index contributed by atoms with van der Waals surface area (Å²) < 4.78 is 0. The molecule has 1 N–H and O–H groups in total. The van der Waals surface area contributed by atoms with E-state index in [9.17, 15) is 9.90 Å². The van der Waals surface area contributed by atoms with Crippen molar-refractivity contribution in [2.75, 3.05) is 0 Å². The summed E-state index contributed by atoms with van der Waals surface area (Å²) >= 11 is 0. The van der Waals surface area contributed by atoms with Crippen molar-refractivity contribution in [3.05, 3.63) is 11.6 Å². The van der Waals surface area contributed by atoms with Gasteiger partial charge in [-0.05, 0) is 18.8 Å². The topological polar surface area (TPSA) is 37.3 Å². The van der Waals surface area contributed by atoms with E-state index in [2.05, 4.69) is 6.92 Å². The molecule has 56 valence electrons. The summed E-state index contributed by atoms with van der Waals surface area (Å²) in [5, 5.41) is 9.24. The average molecular weight is 140 g/mol. The maximum absolute atomic E-state index is 10.2. The molecule has 2 nitrogen and oxygen atoms in total. The van der Waals surface area contributed by atoms with E-state index in [1.165, 1.54) is 0 Å². The predicted molar refractivity (Wildman–Crippen MR) is 38.6 cm³/mol. The van der Waals surface area contributed by atoms with Gasteiger partial charge in [0.25, 0.3) is 0 Å². The first-order valence-corrected chi connectivity index (χ1v) is 3.57. The number of hydrogen-bond donors (Lipinski definition) is 1. The van der Waals surface area contributed by atoms with Gasteiger partial charge < -0.3 is 5.11 Å². The highest BCUT2D eigenvalue weighted by Gasteiger charge is 2.18. The molecule has 0 radical (unpaired) electrons. The van der Waals surface area contributed by atoms with Crippen molar-refractivity contribution in [3.8, 4) is 0 Å². The van der Waals surface area contributed by atoms with E-state index >= 15 is 0 Å². The fourth-order valence-electron chi connectivity index (χ4n) is 1.21. The van der Waals surface area contributed by atoms with Gasteiger partial charge in [0.15, 0.2) is 0 Å². The van der Waals surface area contributed by atoms with Crippen LogP contribution >= 0.6 is 0 Å². The van der Waals surface area contributed by atoms with Crippen LogP contribution in [0.4, 0.5) is 0 Å². The van der Waals surface area contributed by atoms with Crippen molar-refractivity contribution in [3.63, 3.8) is 0 Å². The fourth-order valence-corrected chi connectivity index (χ4v) is 1.21. The van der Waals surface area contributed by atoms with Crippen molar-refractivity contribution in [2.45, 2.75) is 25.9 Å². The molecule has 0 heterocycles.